The Morgan fingerprint density at radius 3 is 1.90 bits per heavy atom. The molecule has 0 aliphatic heterocycles. The summed E-state index contributed by atoms with van der Waals surface area (Å²) < 4.78 is 0. The maximum atomic E-state index is 8.00. The second kappa shape index (κ2) is 18.7. The molecule has 0 unspecified atom stereocenters. The van der Waals surface area contributed by atoms with E-state index in [1.165, 1.54) is 37.7 Å². The molecular weight excluding hydrogens is 258 g/mol. The van der Waals surface area contributed by atoms with Gasteiger partial charge in [-0.1, -0.05) is 58.4 Å². The number of aliphatic hydroxyl groups is 1. The summed E-state index contributed by atoms with van der Waals surface area (Å²) >= 11 is 0. The summed E-state index contributed by atoms with van der Waals surface area (Å²) in [6, 6.07) is 0. The number of aliphatic hydroxyl groups excluding tert-OH is 1. The van der Waals surface area contributed by atoms with Crippen molar-refractivity contribution >= 4 is 0 Å². The van der Waals surface area contributed by atoms with E-state index >= 15 is 0 Å². The molecule has 0 aromatic carbocycles. The maximum Gasteiger partial charge on any atom is 0.0465 e. The Balaban J connectivity index is -0.000000304. The molecule has 1 rings (SSSR count). The van der Waals surface area contributed by atoms with E-state index in [1.807, 2.05) is 13.8 Å². The summed E-state index contributed by atoms with van der Waals surface area (Å²) in [5.74, 6) is 0. The topological polar surface area (TPSA) is 44.0 Å². The highest BCUT2D eigenvalue weighted by Gasteiger charge is 2.33. The minimum Gasteiger partial charge on any atom is -0.396 e. The Kier molecular flexibility index (Phi) is 21.9. The van der Waals surface area contributed by atoms with Crippen molar-refractivity contribution in [3.8, 4) is 6.57 Å². The third-order valence-corrected chi connectivity index (χ3v) is 3.71. The van der Waals surface area contributed by atoms with Crippen LogP contribution in [0.4, 0.5) is 0 Å². The lowest BCUT2D eigenvalue weighted by Gasteiger charge is -2.29. The summed E-state index contributed by atoms with van der Waals surface area (Å²) in [7, 11) is 0. The largest absolute Gasteiger partial charge is 0.396 e. The molecule has 0 aromatic heterocycles. The Hall–Kier alpha value is -1.33. The van der Waals surface area contributed by atoms with E-state index in [0.717, 1.165) is 0 Å². The van der Waals surface area contributed by atoms with E-state index in [1.54, 1.807) is 6.08 Å². The second-order valence-electron chi connectivity index (χ2n) is 4.59. The van der Waals surface area contributed by atoms with Crippen molar-refractivity contribution in [2.75, 3.05) is 6.61 Å². The predicted octanol–water partition coefficient (Wildman–Crippen LogP) is 5.81. The van der Waals surface area contributed by atoms with Gasteiger partial charge in [0.25, 0.3) is 0 Å². The average Bonchev–Trinajstić information content (AvgIpc) is 3.04. The molecular formula is C19H35NO. The summed E-state index contributed by atoms with van der Waals surface area (Å²) in [6.45, 7) is 19.5. The number of nitrogens with zero attached hydrogens (tertiary/aromatic N) is 1. The number of nitriles is 1. The second-order valence-corrected chi connectivity index (χ2v) is 4.59. The summed E-state index contributed by atoms with van der Waals surface area (Å²) in [4.78, 5) is 0. The maximum absolute atomic E-state index is 8.00. The van der Waals surface area contributed by atoms with E-state index < -0.39 is 0 Å². The number of allylic oxidation sites excluding steroid dienone is 3. The molecule has 1 aliphatic rings. The predicted molar refractivity (Wildman–Crippen MR) is 95.1 cm³/mol. The highest BCUT2D eigenvalue weighted by Crippen LogP contribution is 2.47. The van der Waals surface area contributed by atoms with Gasteiger partial charge >= 0.3 is 0 Å². The first-order valence-electron chi connectivity index (χ1n) is 7.97. The van der Waals surface area contributed by atoms with Crippen molar-refractivity contribution in [3.05, 3.63) is 37.0 Å². The van der Waals surface area contributed by atoms with Crippen molar-refractivity contribution in [2.45, 2.75) is 66.2 Å². The van der Waals surface area contributed by atoms with Crippen LogP contribution < -0.4 is 0 Å². The van der Waals surface area contributed by atoms with Crippen LogP contribution in [0.2, 0.25) is 0 Å². The monoisotopic (exact) mass is 293 g/mol. The molecule has 0 aromatic rings. The SMILES string of the molecule is C#N.C=C/C(=C\C)C1(CC)CCCC1.C=CCCO.CC. The van der Waals surface area contributed by atoms with Crippen molar-refractivity contribution in [3.63, 3.8) is 0 Å². The molecule has 1 fully saturated rings. The lowest BCUT2D eigenvalue weighted by atomic mass is 9.76. The molecule has 1 N–H and O–H groups in total. The van der Waals surface area contributed by atoms with Gasteiger partial charge in [-0.2, -0.15) is 0 Å². The first kappa shape index (κ1) is 24.7. The molecule has 21 heavy (non-hydrogen) atoms. The quantitative estimate of drug-likeness (QED) is 0.513. The highest BCUT2D eigenvalue weighted by atomic mass is 16.2. The summed E-state index contributed by atoms with van der Waals surface area (Å²) in [5, 5.41) is 14.5. The van der Waals surface area contributed by atoms with E-state index in [-0.39, 0.29) is 6.61 Å². The van der Waals surface area contributed by atoms with Gasteiger partial charge < -0.3 is 5.11 Å². The molecule has 122 valence electrons. The zero-order chi connectivity index (χ0) is 17.1. The minimum atomic E-state index is 0.226. The Bertz CT molecular complexity index is 283. The van der Waals surface area contributed by atoms with Crippen LogP contribution >= 0.6 is 0 Å². The van der Waals surface area contributed by atoms with E-state index in [9.17, 15) is 0 Å². The van der Waals surface area contributed by atoms with Gasteiger partial charge in [0.2, 0.25) is 0 Å². The van der Waals surface area contributed by atoms with Crippen LogP contribution in [0.3, 0.4) is 0 Å². The highest BCUT2D eigenvalue weighted by molar-refractivity contribution is 5.25. The molecule has 1 saturated carbocycles. The van der Waals surface area contributed by atoms with Crippen LogP contribution in [-0.4, -0.2) is 11.7 Å². The molecule has 1 aliphatic carbocycles. The Morgan fingerprint density at radius 1 is 1.24 bits per heavy atom. The third kappa shape index (κ3) is 10.1. The van der Waals surface area contributed by atoms with Gasteiger partial charge in [0, 0.05) is 13.2 Å². The van der Waals surface area contributed by atoms with Crippen LogP contribution in [0.5, 0.6) is 0 Å². The van der Waals surface area contributed by atoms with Gasteiger partial charge in [0.05, 0.1) is 0 Å². The standard InChI is InChI=1S/C12H20.C4H8O.C2H6.CHN/c1-4-11(5-2)12(6-3)9-7-8-10-12;1-2-3-4-5;2*1-2/h4-5H,1,6-10H2,2-3H3;2,5H,1,3-4H2;1-2H3;1H/b11-5+;;;. The normalized spacial score (nSPS) is 15.1. The Labute approximate surface area is 132 Å². The first-order valence-corrected chi connectivity index (χ1v) is 7.97. The number of hydrogen-bond donors (Lipinski definition) is 1. The zero-order valence-electron chi connectivity index (χ0n) is 14.6. The van der Waals surface area contributed by atoms with Gasteiger partial charge in [-0.3, -0.25) is 0 Å². The lowest BCUT2D eigenvalue weighted by molar-refractivity contribution is 0.303. The molecule has 0 atom stereocenters. The third-order valence-electron chi connectivity index (χ3n) is 3.71. The molecule has 2 nitrogen and oxygen atoms in total. The van der Waals surface area contributed by atoms with Crippen molar-refractivity contribution in [1.29, 1.82) is 5.26 Å². The van der Waals surface area contributed by atoms with Crippen molar-refractivity contribution in [1.82, 2.24) is 0 Å². The van der Waals surface area contributed by atoms with Gasteiger partial charge in [-0.05, 0) is 43.6 Å². The fourth-order valence-electron chi connectivity index (χ4n) is 2.63. The van der Waals surface area contributed by atoms with Gasteiger partial charge in [0.1, 0.15) is 0 Å². The van der Waals surface area contributed by atoms with Gasteiger partial charge in [-0.25, -0.2) is 5.26 Å². The summed E-state index contributed by atoms with van der Waals surface area (Å²) in [6.07, 6.45) is 13.5. The average molecular weight is 293 g/mol. The molecule has 0 saturated heterocycles. The Morgan fingerprint density at radius 2 is 1.71 bits per heavy atom. The van der Waals surface area contributed by atoms with Gasteiger partial charge in [-0.15, -0.1) is 6.58 Å². The van der Waals surface area contributed by atoms with E-state index in [0.29, 0.717) is 11.8 Å². The zero-order valence-corrected chi connectivity index (χ0v) is 14.6. The fourth-order valence-corrected chi connectivity index (χ4v) is 2.63. The lowest BCUT2D eigenvalue weighted by Crippen LogP contribution is -2.16. The van der Waals surface area contributed by atoms with Crippen LogP contribution in [0.15, 0.2) is 37.0 Å². The molecule has 0 amide bonds. The molecule has 0 bridgehead atoms. The van der Waals surface area contributed by atoms with Crippen molar-refractivity contribution in [2.24, 2.45) is 5.41 Å². The van der Waals surface area contributed by atoms with Crippen LogP contribution in [-0.2, 0) is 0 Å². The van der Waals surface area contributed by atoms with Crippen LogP contribution in [0.1, 0.15) is 66.2 Å². The fraction of sp³-hybridized carbons (Fsp3) is 0.632. The molecule has 0 heterocycles. The van der Waals surface area contributed by atoms with Crippen LogP contribution in [0, 0.1) is 17.2 Å². The number of rotatable bonds is 5. The summed E-state index contributed by atoms with van der Waals surface area (Å²) in [5.41, 5.74) is 1.97. The van der Waals surface area contributed by atoms with Crippen molar-refractivity contribution < 1.29 is 5.11 Å². The van der Waals surface area contributed by atoms with Crippen LogP contribution in [0.25, 0.3) is 0 Å². The van der Waals surface area contributed by atoms with E-state index in [2.05, 4.69) is 45.7 Å². The van der Waals surface area contributed by atoms with Gasteiger partial charge in [0.15, 0.2) is 0 Å². The number of hydrogen-bond acceptors (Lipinski definition) is 2. The molecule has 0 radical (unpaired) electrons. The van der Waals surface area contributed by atoms with E-state index in [4.69, 9.17) is 10.4 Å². The molecule has 0 spiro atoms. The first-order chi connectivity index (χ1) is 10.2. The smallest absolute Gasteiger partial charge is 0.0465 e. The minimum absolute atomic E-state index is 0.226. The molecule has 2 heteroatoms.